The van der Waals surface area contributed by atoms with Crippen LogP contribution in [0.1, 0.15) is 6.92 Å². The van der Waals surface area contributed by atoms with Crippen LogP contribution in [0, 0.1) is 5.82 Å². The lowest BCUT2D eigenvalue weighted by atomic mass is 10.1. The third kappa shape index (κ3) is 6.19. The van der Waals surface area contributed by atoms with E-state index in [1.54, 1.807) is 6.92 Å². The predicted octanol–water partition coefficient (Wildman–Crippen LogP) is 5.37. The number of nitrogens with one attached hydrogen (secondary N) is 2. The number of halogens is 5. The molecule has 1 heterocycles. The van der Waals surface area contributed by atoms with Crippen molar-refractivity contribution in [2.24, 2.45) is 0 Å². The van der Waals surface area contributed by atoms with Crippen molar-refractivity contribution in [3.8, 4) is 17.0 Å². The Balaban J connectivity index is 2.03. The van der Waals surface area contributed by atoms with Gasteiger partial charge in [0.15, 0.2) is 0 Å². The minimum Gasteiger partial charge on any atom is -0.406 e. The first-order valence-electron chi connectivity index (χ1n) is 8.98. The number of nitrogens with zero attached hydrogens (tertiary/aromatic N) is 2. The van der Waals surface area contributed by atoms with Crippen molar-refractivity contribution in [3.05, 3.63) is 59.4 Å². The maximum atomic E-state index is 14.2. The number of benzene rings is 2. The minimum absolute atomic E-state index is 0.0240. The van der Waals surface area contributed by atoms with Crippen molar-refractivity contribution < 1.29 is 27.4 Å². The maximum absolute atomic E-state index is 14.2. The van der Waals surface area contributed by atoms with Gasteiger partial charge in [-0.1, -0.05) is 29.8 Å². The van der Waals surface area contributed by atoms with Crippen LogP contribution in [-0.4, -0.2) is 34.1 Å². The number of alkyl halides is 3. The normalized spacial score (nSPS) is 12.4. The van der Waals surface area contributed by atoms with Crippen LogP contribution in [-0.2, 0) is 0 Å². The molecule has 164 valence electrons. The lowest BCUT2D eigenvalue weighted by molar-refractivity contribution is -0.274. The van der Waals surface area contributed by atoms with E-state index in [1.807, 2.05) is 0 Å². The van der Waals surface area contributed by atoms with Crippen molar-refractivity contribution in [1.29, 1.82) is 0 Å². The number of anilines is 3. The molecule has 0 saturated heterocycles. The largest absolute Gasteiger partial charge is 0.573 e. The minimum atomic E-state index is -4.85. The summed E-state index contributed by atoms with van der Waals surface area (Å²) in [6.07, 6.45) is -4.85. The summed E-state index contributed by atoms with van der Waals surface area (Å²) in [4.78, 5) is 8.50. The van der Waals surface area contributed by atoms with E-state index in [0.717, 1.165) is 12.1 Å². The molecule has 0 fully saturated rings. The number of ether oxygens (including phenoxy) is 1. The summed E-state index contributed by atoms with van der Waals surface area (Å²) in [6.45, 7) is 1.46. The van der Waals surface area contributed by atoms with Gasteiger partial charge in [-0.25, -0.2) is 9.37 Å². The topological polar surface area (TPSA) is 79.3 Å². The number of para-hydroxylation sites is 1. The molecular formula is C20H17ClF4N4O2. The molecular weight excluding hydrogens is 440 g/mol. The van der Waals surface area contributed by atoms with Crippen LogP contribution in [0.25, 0.3) is 11.3 Å². The molecule has 11 heteroatoms. The molecule has 0 bridgehead atoms. The van der Waals surface area contributed by atoms with E-state index in [9.17, 15) is 22.7 Å². The number of hydrogen-bond donors (Lipinski definition) is 3. The second-order valence-corrected chi connectivity index (χ2v) is 6.89. The van der Waals surface area contributed by atoms with Crippen LogP contribution in [0.3, 0.4) is 0 Å². The van der Waals surface area contributed by atoms with Crippen LogP contribution in [0.5, 0.6) is 5.75 Å². The van der Waals surface area contributed by atoms with Crippen molar-refractivity contribution in [1.82, 2.24) is 9.97 Å². The van der Waals surface area contributed by atoms with Gasteiger partial charge in [0.1, 0.15) is 17.4 Å². The zero-order chi connectivity index (χ0) is 22.6. The van der Waals surface area contributed by atoms with Gasteiger partial charge in [0.05, 0.1) is 23.0 Å². The molecule has 0 amide bonds. The predicted molar refractivity (Wildman–Crippen MR) is 109 cm³/mol. The highest BCUT2D eigenvalue weighted by atomic mass is 35.5. The summed E-state index contributed by atoms with van der Waals surface area (Å²) in [7, 11) is 0. The van der Waals surface area contributed by atoms with Gasteiger partial charge in [-0.2, -0.15) is 4.98 Å². The molecule has 0 spiro atoms. The Morgan fingerprint density at radius 1 is 1.13 bits per heavy atom. The number of aromatic nitrogens is 2. The van der Waals surface area contributed by atoms with Gasteiger partial charge in [0, 0.05) is 17.7 Å². The average Bonchev–Trinajstić information content (AvgIpc) is 2.69. The summed E-state index contributed by atoms with van der Waals surface area (Å²) in [6, 6.07) is 10.4. The van der Waals surface area contributed by atoms with E-state index < -0.39 is 24.0 Å². The summed E-state index contributed by atoms with van der Waals surface area (Å²) in [5.74, 6) is -0.845. The molecule has 2 aromatic carbocycles. The van der Waals surface area contributed by atoms with Crippen LogP contribution in [0.4, 0.5) is 35.0 Å². The summed E-state index contributed by atoms with van der Waals surface area (Å²) in [5.41, 5.74) is 0.501. The smallest absolute Gasteiger partial charge is 0.406 e. The van der Waals surface area contributed by atoms with Crippen molar-refractivity contribution in [3.63, 3.8) is 0 Å². The fourth-order valence-corrected chi connectivity index (χ4v) is 2.80. The highest BCUT2D eigenvalue weighted by Gasteiger charge is 2.31. The number of aliphatic hydroxyl groups is 1. The molecule has 6 nitrogen and oxygen atoms in total. The Bertz CT molecular complexity index is 1050. The summed E-state index contributed by atoms with van der Waals surface area (Å²) < 4.78 is 55.8. The Morgan fingerprint density at radius 3 is 2.55 bits per heavy atom. The van der Waals surface area contributed by atoms with Crippen LogP contribution >= 0.6 is 11.6 Å². The van der Waals surface area contributed by atoms with Crippen LogP contribution in [0.15, 0.2) is 48.5 Å². The molecule has 0 radical (unpaired) electrons. The Labute approximate surface area is 179 Å². The second kappa shape index (κ2) is 9.36. The van der Waals surface area contributed by atoms with E-state index in [4.69, 9.17) is 11.6 Å². The van der Waals surface area contributed by atoms with Crippen molar-refractivity contribution >= 4 is 29.1 Å². The third-order valence-electron chi connectivity index (χ3n) is 3.95. The quantitative estimate of drug-likeness (QED) is 0.415. The van der Waals surface area contributed by atoms with E-state index in [0.29, 0.717) is 5.56 Å². The lowest BCUT2D eigenvalue weighted by Crippen LogP contribution is -2.21. The maximum Gasteiger partial charge on any atom is 0.573 e. The van der Waals surface area contributed by atoms with Gasteiger partial charge in [-0.15, -0.1) is 13.2 Å². The van der Waals surface area contributed by atoms with Gasteiger partial charge in [0.25, 0.3) is 0 Å². The van der Waals surface area contributed by atoms with E-state index >= 15 is 0 Å². The fourth-order valence-electron chi connectivity index (χ4n) is 2.59. The van der Waals surface area contributed by atoms with Gasteiger partial charge < -0.3 is 20.5 Å². The molecule has 3 rings (SSSR count). The molecule has 1 aromatic heterocycles. The third-order valence-corrected chi connectivity index (χ3v) is 4.27. The second-order valence-electron chi connectivity index (χ2n) is 6.49. The zero-order valence-corrected chi connectivity index (χ0v) is 16.8. The zero-order valence-electron chi connectivity index (χ0n) is 16.0. The van der Waals surface area contributed by atoms with Crippen molar-refractivity contribution in [2.75, 3.05) is 17.2 Å². The van der Waals surface area contributed by atoms with Gasteiger partial charge >= 0.3 is 6.36 Å². The number of aliphatic hydroxyl groups excluding tert-OH is 1. The summed E-state index contributed by atoms with van der Waals surface area (Å²) >= 11 is 6.05. The van der Waals surface area contributed by atoms with Gasteiger partial charge in [0.2, 0.25) is 5.95 Å². The Morgan fingerprint density at radius 2 is 1.87 bits per heavy atom. The first-order chi connectivity index (χ1) is 14.6. The lowest BCUT2D eigenvalue weighted by Gasteiger charge is -2.15. The first-order valence-corrected chi connectivity index (χ1v) is 9.36. The molecule has 0 aliphatic carbocycles. The van der Waals surface area contributed by atoms with Gasteiger partial charge in [-0.05, 0) is 31.2 Å². The van der Waals surface area contributed by atoms with Crippen LogP contribution < -0.4 is 15.4 Å². The fraction of sp³-hybridized carbons (Fsp3) is 0.200. The number of hydrogen-bond acceptors (Lipinski definition) is 6. The first kappa shape index (κ1) is 22.6. The molecule has 0 aliphatic heterocycles. The Hall–Kier alpha value is -3.11. The molecule has 3 aromatic rings. The molecule has 3 N–H and O–H groups in total. The molecule has 0 saturated carbocycles. The van der Waals surface area contributed by atoms with E-state index in [1.165, 1.54) is 36.4 Å². The highest BCUT2D eigenvalue weighted by Crippen LogP contribution is 2.31. The standard InChI is InChI=1S/C20H17ClF4N4O2/c1-11(10-30)26-19-27-16(12-4-2-5-13(8-12)31-20(23,24)25)9-17(29-19)28-18-14(21)6-3-7-15(18)22/h2-9,11,30H,10H2,1H3,(H2,26,27,28,29)/t11-/m1/s1. The molecule has 0 unspecified atom stereocenters. The van der Waals surface area contributed by atoms with E-state index in [2.05, 4.69) is 25.3 Å². The average molecular weight is 457 g/mol. The Kier molecular flexibility index (Phi) is 6.81. The molecule has 31 heavy (non-hydrogen) atoms. The van der Waals surface area contributed by atoms with Crippen LogP contribution in [0.2, 0.25) is 5.02 Å². The van der Waals surface area contributed by atoms with Gasteiger partial charge in [-0.3, -0.25) is 0 Å². The highest BCUT2D eigenvalue weighted by molar-refractivity contribution is 6.33. The van der Waals surface area contributed by atoms with E-state index in [-0.39, 0.29) is 34.8 Å². The van der Waals surface area contributed by atoms with Crippen molar-refractivity contribution in [2.45, 2.75) is 19.3 Å². The number of rotatable bonds is 7. The monoisotopic (exact) mass is 456 g/mol. The molecule has 1 atom stereocenters. The SMILES string of the molecule is C[C@H](CO)Nc1nc(Nc2c(F)cccc2Cl)cc(-c2cccc(OC(F)(F)F)c2)n1. The molecule has 0 aliphatic rings. The summed E-state index contributed by atoms with van der Waals surface area (Å²) in [5, 5.41) is 15.0.